The number of aromatic nitrogens is 2. The van der Waals surface area contributed by atoms with E-state index in [-0.39, 0.29) is 5.78 Å². The number of ether oxygens (including phenoxy) is 2. The average Bonchev–Trinajstić information content (AvgIpc) is 3.11. The van der Waals surface area contributed by atoms with Crippen LogP contribution in [0, 0.1) is 0 Å². The maximum atomic E-state index is 12.3. The molecule has 0 saturated carbocycles. The lowest BCUT2D eigenvalue weighted by molar-refractivity contribution is 0.104. The molecule has 2 aromatic carbocycles. The molecule has 0 radical (unpaired) electrons. The van der Waals surface area contributed by atoms with Crippen molar-refractivity contribution in [2.24, 2.45) is 0 Å². The summed E-state index contributed by atoms with van der Waals surface area (Å²) in [5, 5.41) is 4.77. The number of rotatable bonds is 7. The van der Waals surface area contributed by atoms with Crippen molar-refractivity contribution in [3.8, 4) is 11.5 Å². The van der Waals surface area contributed by atoms with Gasteiger partial charge in [0.15, 0.2) is 5.78 Å². The van der Waals surface area contributed by atoms with E-state index < -0.39 is 0 Å². The SMILES string of the molecule is COc1ccc(C(=O)/C=C/c2ccc(OC)c(Cn3cc(Cl)cn3)c2)cc1. The highest BCUT2D eigenvalue weighted by molar-refractivity contribution is 6.30. The third-order valence-electron chi connectivity index (χ3n) is 4.04. The molecule has 6 heteroatoms. The number of benzene rings is 2. The van der Waals surface area contributed by atoms with E-state index in [1.54, 1.807) is 67.7 Å². The standard InChI is InChI=1S/C21H19ClN2O3/c1-26-19-7-5-16(6-8-19)20(25)9-3-15-4-10-21(27-2)17(11-15)13-24-14-18(22)12-23-24/h3-12,14H,13H2,1-2H3/b9-3+. The van der Waals surface area contributed by atoms with Gasteiger partial charge in [0.1, 0.15) is 11.5 Å². The lowest BCUT2D eigenvalue weighted by Crippen LogP contribution is -2.02. The molecule has 0 unspecified atom stereocenters. The van der Waals surface area contributed by atoms with Gasteiger partial charge in [-0.05, 0) is 48.0 Å². The Morgan fingerprint density at radius 1 is 1.15 bits per heavy atom. The summed E-state index contributed by atoms with van der Waals surface area (Å²) in [5.41, 5.74) is 2.44. The van der Waals surface area contributed by atoms with E-state index >= 15 is 0 Å². The van der Waals surface area contributed by atoms with E-state index in [1.165, 1.54) is 0 Å². The van der Waals surface area contributed by atoms with Gasteiger partial charge in [-0.1, -0.05) is 23.7 Å². The summed E-state index contributed by atoms with van der Waals surface area (Å²) in [7, 11) is 3.22. The maximum absolute atomic E-state index is 12.3. The van der Waals surface area contributed by atoms with E-state index in [2.05, 4.69) is 5.10 Å². The highest BCUT2D eigenvalue weighted by Crippen LogP contribution is 2.22. The number of methoxy groups -OCH3 is 2. The molecule has 0 saturated heterocycles. The van der Waals surface area contributed by atoms with Crippen LogP contribution in [0.2, 0.25) is 5.02 Å². The van der Waals surface area contributed by atoms with Crippen LogP contribution in [-0.2, 0) is 6.54 Å². The van der Waals surface area contributed by atoms with Gasteiger partial charge in [0, 0.05) is 17.3 Å². The Bertz CT molecular complexity index is 962. The second-order valence-corrected chi connectivity index (χ2v) is 6.29. The van der Waals surface area contributed by atoms with E-state index in [0.717, 1.165) is 16.9 Å². The number of hydrogen-bond acceptors (Lipinski definition) is 4. The molecule has 1 heterocycles. The van der Waals surface area contributed by atoms with Crippen LogP contribution in [0.25, 0.3) is 6.08 Å². The number of hydrogen-bond donors (Lipinski definition) is 0. The normalized spacial score (nSPS) is 10.9. The van der Waals surface area contributed by atoms with Gasteiger partial charge in [-0.15, -0.1) is 0 Å². The molecule has 5 nitrogen and oxygen atoms in total. The number of nitrogens with zero attached hydrogens (tertiary/aromatic N) is 2. The Kier molecular flexibility index (Phi) is 5.94. The molecule has 27 heavy (non-hydrogen) atoms. The predicted molar refractivity (Wildman–Crippen MR) is 106 cm³/mol. The molecule has 0 aliphatic heterocycles. The number of ketones is 1. The van der Waals surface area contributed by atoms with Crippen molar-refractivity contribution in [3.63, 3.8) is 0 Å². The van der Waals surface area contributed by atoms with Gasteiger partial charge in [-0.25, -0.2) is 0 Å². The van der Waals surface area contributed by atoms with Crippen molar-refractivity contribution in [1.82, 2.24) is 9.78 Å². The summed E-state index contributed by atoms with van der Waals surface area (Å²) in [5.74, 6) is 1.39. The number of allylic oxidation sites excluding steroid dienone is 1. The first-order valence-electron chi connectivity index (χ1n) is 8.30. The zero-order valence-corrected chi connectivity index (χ0v) is 15.8. The van der Waals surface area contributed by atoms with Crippen LogP contribution < -0.4 is 9.47 Å². The molecule has 0 fully saturated rings. The molecule has 0 atom stereocenters. The van der Waals surface area contributed by atoms with E-state index in [1.807, 2.05) is 18.2 Å². The van der Waals surface area contributed by atoms with Crippen molar-refractivity contribution >= 4 is 23.5 Å². The Morgan fingerprint density at radius 3 is 2.56 bits per heavy atom. The molecular weight excluding hydrogens is 364 g/mol. The van der Waals surface area contributed by atoms with Crippen LogP contribution in [0.1, 0.15) is 21.5 Å². The summed E-state index contributed by atoms with van der Waals surface area (Å²) in [6.07, 6.45) is 6.67. The topological polar surface area (TPSA) is 53.4 Å². The number of carbonyl (C=O) groups excluding carboxylic acids is 1. The van der Waals surface area contributed by atoms with E-state index in [9.17, 15) is 4.79 Å². The summed E-state index contributed by atoms with van der Waals surface area (Å²) in [6.45, 7) is 0.518. The molecule has 0 bridgehead atoms. The van der Waals surface area contributed by atoms with E-state index in [0.29, 0.717) is 22.9 Å². The predicted octanol–water partition coefficient (Wildman–Crippen LogP) is 4.50. The minimum absolute atomic E-state index is 0.0751. The van der Waals surface area contributed by atoms with Crippen LogP contribution in [0.5, 0.6) is 11.5 Å². The van der Waals surface area contributed by atoms with Crippen molar-refractivity contribution < 1.29 is 14.3 Å². The van der Waals surface area contributed by atoms with Gasteiger partial charge in [-0.2, -0.15) is 5.10 Å². The van der Waals surface area contributed by atoms with Crippen molar-refractivity contribution in [3.05, 3.63) is 82.6 Å². The molecule has 3 aromatic rings. The van der Waals surface area contributed by atoms with Crippen LogP contribution in [-0.4, -0.2) is 29.8 Å². The van der Waals surface area contributed by atoms with Crippen LogP contribution >= 0.6 is 11.6 Å². The first kappa shape index (κ1) is 18.7. The molecule has 1 aromatic heterocycles. The largest absolute Gasteiger partial charge is 0.497 e. The first-order valence-corrected chi connectivity index (χ1v) is 8.68. The van der Waals surface area contributed by atoms with Crippen molar-refractivity contribution in [1.29, 1.82) is 0 Å². The fraction of sp³-hybridized carbons (Fsp3) is 0.143. The third kappa shape index (κ3) is 4.77. The Labute approximate surface area is 162 Å². The quantitative estimate of drug-likeness (QED) is 0.446. The number of halogens is 1. The Hall–Kier alpha value is -3.05. The lowest BCUT2D eigenvalue weighted by Gasteiger charge is -2.09. The van der Waals surface area contributed by atoms with Crippen molar-refractivity contribution in [2.45, 2.75) is 6.54 Å². The van der Waals surface area contributed by atoms with Gasteiger partial charge < -0.3 is 9.47 Å². The summed E-state index contributed by atoms with van der Waals surface area (Å²) in [6, 6.07) is 12.8. The highest BCUT2D eigenvalue weighted by atomic mass is 35.5. The van der Waals surface area contributed by atoms with Gasteiger partial charge >= 0.3 is 0 Å². The van der Waals surface area contributed by atoms with Crippen molar-refractivity contribution in [2.75, 3.05) is 14.2 Å². The fourth-order valence-corrected chi connectivity index (χ4v) is 2.80. The van der Waals surface area contributed by atoms with Gasteiger partial charge in [0.2, 0.25) is 0 Å². The van der Waals surface area contributed by atoms with Gasteiger partial charge in [0.05, 0.1) is 32.0 Å². The van der Waals surface area contributed by atoms with Gasteiger partial charge in [0.25, 0.3) is 0 Å². The lowest BCUT2D eigenvalue weighted by atomic mass is 10.1. The second-order valence-electron chi connectivity index (χ2n) is 5.85. The molecule has 0 N–H and O–H groups in total. The highest BCUT2D eigenvalue weighted by Gasteiger charge is 2.07. The molecule has 0 aliphatic carbocycles. The zero-order chi connectivity index (χ0) is 19.2. The van der Waals surface area contributed by atoms with Gasteiger partial charge in [-0.3, -0.25) is 9.48 Å². The molecule has 0 amide bonds. The molecule has 0 spiro atoms. The third-order valence-corrected chi connectivity index (χ3v) is 4.24. The molecular formula is C21H19ClN2O3. The average molecular weight is 383 g/mol. The number of carbonyl (C=O) groups is 1. The Balaban J connectivity index is 1.78. The first-order chi connectivity index (χ1) is 13.1. The molecule has 0 aliphatic rings. The van der Waals surface area contributed by atoms with Crippen LogP contribution in [0.15, 0.2) is 60.9 Å². The summed E-state index contributed by atoms with van der Waals surface area (Å²) in [4.78, 5) is 12.3. The molecule has 3 rings (SSSR count). The second kappa shape index (κ2) is 8.56. The maximum Gasteiger partial charge on any atom is 0.185 e. The Morgan fingerprint density at radius 2 is 1.93 bits per heavy atom. The minimum Gasteiger partial charge on any atom is -0.497 e. The fourth-order valence-electron chi connectivity index (χ4n) is 2.65. The zero-order valence-electron chi connectivity index (χ0n) is 15.1. The minimum atomic E-state index is -0.0751. The monoisotopic (exact) mass is 382 g/mol. The summed E-state index contributed by atoms with van der Waals surface area (Å²) >= 11 is 5.92. The van der Waals surface area contributed by atoms with Crippen LogP contribution in [0.3, 0.4) is 0 Å². The smallest absolute Gasteiger partial charge is 0.185 e. The summed E-state index contributed by atoms with van der Waals surface area (Å²) < 4.78 is 12.3. The van der Waals surface area contributed by atoms with Crippen LogP contribution in [0.4, 0.5) is 0 Å². The molecule has 138 valence electrons. The van der Waals surface area contributed by atoms with E-state index in [4.69, 9.17) is 21.1 Å².